The Balaban J connectivity index is 1.42. The number of hydrogen-bond acceptors (Lipinski definition) is 6. The van der Waals surface area contributed by atoms with E-state index < -0.39 is 0 Å². The predicted octanol–water partition coefficient (Wildman–Crippen LogP) is 4.37. The number of aromatic nitrogens is 2. The molecule has 1 atom stereocenters. The maximum absolute atomic E-state index is 13.3. The van der Waals surface area contributed by atoms with E-state index in [0.717, 1.165) is 18.4 Å². The highest BCUT2D eigenvalue weighted by Gasteiger charge is 2.26. The lowest BCUT2D eigenvalue weighted by molar-refractivity contribution is -0.121. The van der Waals surface area contributed by atoms with E-state index in [1.807, 2.05) is 12.1 Å². The first-order valence-corrected chi connectivity index (χ1v) is 11.7. The van der Waals surface area contributed by atoms with Crippen LogP contribution in [0.2, 0.25) is 10.0 Å². The summed E-state index contributed by atoms with van der Waals surface area (Å²) in [6.45, 7) is 1.64. The van der Waals surface area contributed by atoms with Crippen molar-refractivity contribution in [2.24, 2.45) is 0 Å². The smallest absolute Gasteiger partial charge is 0.276 e. The highest BCUT2D eigenvalue weighted by atomic mass is 35.5. The molecule has 0 saturated carbocycles. The Morgan fingerprint density at radius 3 is 2.82 bits per heavy atom. The third-order valence-corrected chi connectivity index (χ3v) is 6.03. The summed E-state index contributed by atoms with van der Waals surface area (Å²) >= 11 is 12.2. The fraction of sp³-hybridized carbons (Fsp3) is 0.333. The van der Waals surface area contributed by atoms with Crippen molar-refractivity contribution in [3.8, 4) is 11.3 Å². The Kier molecular flexibility index (Phi) is 8.16. The molecule has 1 aliphatic heterocycles. The van der Waals surface area contributed by atoms with Crippen molar-refractivity contribution in [2.75, 3.05) is 19.7 Å². The molecular weight excluding hydrogens is 479 g/mol. The molecule has 1 aliphatic rings. The maximum Gasteiger partial charge on any atom is 0.276 e. The first-order valence-electron chi connectivity index (χ1n) is 11.0. The summed E-state index contributed by atoms with van der Waals surface area (Å²) in [5.74, 6) is -0.144. The minimum absolute atomic E-state index is 0.0699. The molecule has 0 radical (unpaired) electrons. The van der Waals surface area contributed by atoms with Crippen molar-refractivity contribution < 1.29 is 18.8 Å². The third kappa shape index (κ3) is 6.34. The van der Waals surface area contributed by atoms with E-state index in [-0.39, 0.29) is 36.6 Å². The van der Waals surface area contributed by atoms with E-state index in [4.69, 9.17) is 32.5 Å². The third-order valence-electron chi connectivity index (χ3n) is 5.48. The van der Waals surface area contributed by atoms with Gasteiger partial charge in [0.1, 0.15) is 0 Å². The normalized spacial score (nSPS) is 15.3. The van der Waals surface area contributed by atoms with E-state index in [0.29, 0.717) is 41.1 Å². The number of carbonyl (C=O) groups is 2. The molecule has 4 rings (SSSR count). The Hall–Kier alpha value is -2.94. The molecule has 3 heterocycles. The lowest BCUT2D eigenvalue weighted by atomic mass is 10.1. The van der Waals surface area contributed by atoms with Gasteiger partial charge in [0.15, 0.2) is 11.5 Å². The number of ether oxygens (including phenoxy) is 1. The molecule has 1 N–H and O–H groups in total. The van der Waals surface area contributed by atoms with Gasteiger partial charge < -0.3 is 19.5 Å². The average Bonchev–Trinajstić information content (AvgIpc) is 3.53. The standard InChI is InChI=1S/C24H24Cl2N4O4/c25-17-5-6-19(20(26)11-17)22-12-21(29-34-22)24(32)30(15-18-4-2-10-33-18)9-7-23(31)28-14-16-3-1-8-27-13-16/h1,3,5-6,8,11-13,18H,2,4,7,9-10,14-15H2,(H,28,31)/t18-/m0/s1. The monoisotopic (exact) mass is 502 g/mol. The van der Waals surface area contributed by atoms with Crippen LogP contribution < -0.4 is 5.32 Å². The van der Waals surface area contributed by atoms with Crippen LogP contribution in [0.3, 0.4) is 0 Å². The summed E-state index contributed by atoms with van der Waals surface area (Å²) in [7, 11) is 0. The van der Waals surface area contributed by atoms with E-state index in [9.17, 15) is 9.59 Å². The fourth-order valence-electron chi connectivity index (χ4n) is 3.69. The van der Waals surface area contributed by atoms with Crippen LogP contribution in [-0.4, -0.2) is 52.7 Å². The van der Waals surface area contributed by atoms with Crippen LogP contribution in [-0.2, 0) is 16.1 Å². The molecule has 34 heavy (non-hydrogen) atoms. The van der Waals surface area contributed by atoms with E-state index in [1.165, 1.54) is 0 Å². The lowest BCUT2D eigenvalue weighted by Crippen LogP contribution is -2.40. The predicted molar refractivity (Wildman–Crippen MR) is 128 cm³/mol. The van der Waals surface area contributed by atoms with Crippen LogP contribution in [0.5, 0.6) is 0 Å². The molecule has 2 amide bonds. The molecule has 10 heteroatoms. The van der Waals surface area contributed by atoms with Gasteiger partial charge in [0, 0.05) is 61.7 Å². The van der Waals surface area contributed by atoms with Gasteiger partial charge in [0.05, 0.1) is 11.1 Å². The lowest BCUT2D eigenvalue weighted by Gasteiger charge is -2.24. The molecule has 3 aromatic rings. The molecule has 178 valence electrons. The van der Waals surface area contributed by atoms with Crippen molar-refractivity contribution in [2.45, 2.75) is 31.9 Å². The number of benzene rings is 1. The van der Waals surface area contributed by atoms with Gasteiger partial charge in [-0.15, -0.1) is 0 Å². The Morgan fingerprint density at radius 1 is 1.21 bits per heavy atom. The number of rotatable bonds is 9. The average molecular weight is 503 g/mol. The van der Waals surface area contributed by atoms with Crippen molar-refractivity contribution in [1.29, 1.82) is 0 Å². The van der Waals surface area contributed by atoms with Gasteiger partial charge in [-0.3, -0.25) is 14.6 Å². The minimum atomic E-state index is -0.337. The Bertz CT molecular complexity index is 1130. The zero-order valence-corrected chi connectivity index (χ0v) is 19.9. The maximum atomic E-state index is 13.3. The SMILES string of the molecule is O=C(CCN(C[C@@H]1CCCO1)C(=O)c1cc(-c2ccc(Cl)cc2Cl)on1)NCc1cccnc1. The summed E-state index contributed by atoms with van der Waals surface area (Å²) in [4.78, 5) is 31.3. The summed E-state index contributed by atoms with van der Waals surface area (Å²) in [6, 6.07) is 10.2. The van der Waals surface area contributed by atoms with Gasteiger partial charge in [-0.05, 0) is 42.7 Å². The van der Waals surface area contributed by atoms with E-state index in [1.54, 1.807) is 41.6 Å². The second-order valence-electron chi connectivity index (χ2n) is 7.97. The second-order valence-corrected chi connectivity index (χ2v) is 8.82. The molecule has 1 aromatic carbocycles. The van der Waals surface area contributed by atoms with Crippen LogP contribution in [0, 0.1) is 0 Å². The zero-order chi connectivity index (χ0) is 23.9. The van der Waals surface area contributed by atoms with Gasteiger partial charge in [0.2, 0.25) is 5.91 Å². The van der Waals surface area contributed by atoms with Crippen molar-refractivity contribution in [3.05, 3.63) is 70.1 Å². The van der Waals surface area contributed by atoms with E-state index >= 15 is 0 Å². The number of carbonyl (C=O) groups excluding carboxylic acids is 2. The van der Waals surface area contributed by atoms with E-state index in [2.05, 4.69) is 15.5 Å². The molecule has 1 fully saturated rings. The van der Waals surface area contributed by atoms with Gasteiger partial charge in [-0.1, -0.05) is 34.4 Å². The van der Waals surface area contributed by atoms with Crippen LogP contribution >= 0.6 is 23.2 Å². The van der Waals surface area contributed by atoms with Crippen molar-refractivity contribution in [1.82, 2.24) is 20.4 Å². The van der Waals surface area contributed by atoms with Crippen LogP contribution in [0.1, 0.15) is 35.3 Å². The van der Waals surface area contributed by atoms with Gasteiger partial charge in [-0.2, -0.15) is 0 Å². The topological polar surface area (TPSA) is 97.6 Å². The van der Waals surface area contributed by atoms with Crippen LogP contribution in [0.4, 0.5) is 0 Å². The molecule has 8 nitrogen and oxygen atoms in total. The quantitative estimate of drug-likeness (QED) is 0.466. The Morgan fingerprint density at radius 2 is 2.09 bits per heavy atom. The summed E-state index contributed by atoms with van der Waals surface area (Å²) in [5.41, 5.74) is 1.62. The largest absolute Gasteiger partial charge is 0.376 e. The van der Waals surface area contributed by atoms with Gasteiger partial charge in [-0.25, -0.2) is 0 Å². The first-order chi connectivity index (χ1) is 16.5. The number of nitrogens with zero attached hydrogens (tertiary/aromatic N) is 3. The highest BCUT2D eigenvalue weighted by molar-refractivity contribution is 6.36. The number of pyridine rings is 1. The number of nitrogens with one attached hydrogen (secondary N) is 1. The first kappa shape index (κ1) is 24.2. The molecule has 1 saturated heterocycles. The minimum Gasteiger partial charge on any atom is -0.376 e. The molecule has 0 spiro atoms. The van der Waals surface area contributed by atoms with Gasteiger partial charge in [0.25, 0.3) is 5.91 Å². The number of halogens is 2. The van der Waals surface area contributed by atoms with Crippen molar-refractivity contribution >= 4 is 35.0 Å². The highest BCUT2D eigenvalue weighted by Crippen LogP contribution is 2.31. The van der Waals surface area contributed by atoms with Crippen LogP contribution in [0.15, 0.2) is 53.3 Å². The van der Waals surface area contributed by atoms with Crippen molar-refractivity contribution in [3.63, 3.8) is 0 Å². The Labute approximate surface area is 207 Å². The second kappa shape index (κ2) is 11.5. The summed E-state index contributed by atoms with van der Waals surface area (Å²) in [6.07, 6.45) is 5.26. The summed E-state index contributed by atoms with van der Waals surface area (Å²) in [5, 5.41) is 7.69. The fourth-order valence-corrected chi connectivity index (χ4v) is 4.19. The molecule has 0 aliphatic carbocycles. The van der Waals surface area contributed by atoms with Crippen LogP contribution in [0.25, 0.3) is 11.3 Å². The number of hydrogen-bond donors (Lipinski definition) is 1. The summed E-state index contributed by atoms with van der Waals surface area (Å²) < 4.78 is 11.1. The number of amides is 2. The molecular formula is C24H24Cl2N4O4. The molecule has 0 bridgehead atoms. The zero-order valence-electron chi connectivity index (χ0n) is 18.4. The molecule has 2 aromatic heterocycles. The van der Waals surface area contributed by atoms with Gasteiger partial charge >= 0.3 is 0 Å². The molecule has 0 unspecified atom stereocenters.